The molecule has 1 unspecified atom stereocenters. The van der Waals surface area contributed by atoms with E-state index in [4.69, 9.17) is 16.3 Å². The van der Waals surface area contributed by atoms with Gasteiger partial charge in [-0.3, -0.25) is 5.32 Å². The van der Waals surface area contributed by atoms with Crippen LogP contribution in [0.1, 0.15) is 6.92 Å². The van der Waals surface area contributed by atoms with E-state index in [-0.39, 0.29) is 12.1 Å². The number of ether oxygens (including phenoxy) is 1. The highest BCUT2D eigenvalue weighted by Gasteiger charge is 2.29. The van der Waals surface area contributed by atoms with Gasteiger partial charge >= 0.3 is 6.03 Å². The fourth-order valence-corrected chi connectivity index (χ4v) is 3.65. The molecule has 1 saturated heterocycles. The Labute approximate surface area is 167 Å². The smallest absolute Gasteiger partial charge is 0.324 e. The van der Waals surface area contributed by atoms with Gasteiger partial charge in [0.25, 0.3) is 0 Å². The Hall–Kier alpha value is -3.00. The van der Waals surface area contributed by atoms with Crippen molar-refractivity contribution >= 4 is 40.4 Å². The lowest BCUT2D eigenvalue weighted by atomic mass is 10.2. The van der Waals surface area contributed by atoms with Gasteiger partial charge in [0.1, 0.15) is 11.6 Å². The molecule has 0 bridgehead atoms. The number of urea groups is 1. The number of pyridine rings is 1. The van der Waals surface area contributed by atoms with Crippen LogP contribution in [0.2, 0.25) is 5.02 Å². The second kappa shape index (κ2) is 7.55. The number of amides is 2. The number of benzene rings is 1. The first-order valence-corrected chi connectivity index (χ1v) is 9.40. The van der Waals surface area contributed by atoms with Crippen LogP contribution in [0.3, 0.4) is 0 Å². The lowest BCUT2D eigenvalue weighted by molar-refractivity contribution is 0.184. The minimum atomic E-state index is -0.190. The maximum absolute atomic E-state index is 12.8. The molecule has 28 heavy (non-hydrogen) atoms. The monoisotopic (exact) mass is 400 g/mol. The summed E-state index contributed by atoms with van der Waals surface area (Å²) in [6.45, 7) is 3.88. The molecule has 2 N–H and O–H groups in total. The van der Waals surface area contributed by atoms with Crippen LogP contribution in [0, 0.1) is 0 Å². The minimum Gasteiger partial charge on any atom is -0.497 e. The zero-order valence-corrected chi connectivity index (χ0v) is 16.4. The minimum absolute atomic E-state index is 0.00343. The van der Waals surface area contributed by atoms with E-state index in [1.54, 1.807) is 18.2 Å². The number of imidazole rings is 1. The van der Waals surface area contributed by atoms with Gasteiger partial charge in [0, 0.05) is 37.9 Å². The fraction of sp³-hybridized carbons (Fsp3) is 0.316. The number of carbonyl (C=O) groups is 1. The molecule has 2 aromatic heterocycles. The fourth-order valence-electron chi connectivity index (χ4n) is 3.41. The Morgan fingerprint density at radius 1 is 1.36 bits per heavy atom. The molecular weight excluding hydrogens is 380 g/mol. The summed E-state index contributed by atoms with van der Waals surface area (Å²) in [6, 6.07) is 8.96. The number of nitrogens with zero attached hydrogens (tertiary/aromatic N) is 4. The summed E-state index contributed by atoms with van der Waals surface area (Å²) in [4.78, 5) is 28.5. The van der Waals surface area contributed by atoms with Crippen molar-refractivity contribution in [3.8, 4) is 5.75 Å². The van der Waals surface area contributed by atoms with Crippen molar-refractivity contribution in [2.45, 2.75) is 13.0 Å². The molecule has 3 heterocycles. The van der Waals surface area contributed by atoms with Crippen LogP contribution in [-0.4, -0.2) is 58.7 Å². The molecule has 8 nitrogen and oxygen atoms in total. The number of hydrogen-bond acceptors (Lipinski definition) is 5. The maximum Gasteiger partial charge on any atom is 0.324 e. The normalized spacial score (nSPS) is 17.0. The van der Waals surface area contributed by atoms with Crippen LogP contribution in [0.5, 0.6) is 5.75 Å². The predicted octanol–water partition coefficient (Wildman–Crippen LogP) is 3.36. The number of nitrogens with one attached hydrogen (secondary N) is 2. The zero-order valence-electron chi connectivity index (χ0n) is 15.6. The van der Waals surface area contributed by atoms with Gasteiger partial charge in [0.05, 0.1) is 23.2 Å². The molecule has 1 aromatic carbocycles. The van der Waals surface area contributed by atoms with E-state index < -0.39 is 0 Å². The molecular formula is C19H21ClN6O2. The molecule has 2 amide bonds. The third-order valence-corrected chi connectivity index (χ3v) is 5.14. The Balaban J connectivity index is 1.44. The number of aromatic nitrogens is 3. The van der Waals surface area contributed by atoms with Gasteiger partial charge < -0.3 is 19.5 Å². The number of piperazine rings is 1. The lowest BCUT2D eigenvalue weighted by Gasteiger charge is -2.40. The molecule has 146 valence electrons. The second-order valence-corrected chi connectivity index (χ2v) is 7.10. The molecule has 4 rings (SSSR count). The molecule has 0 aliphatic carbocycles. The zero-order chi connectivity index (χ0) is 19.7. The number of anilines is 2. The number of methoxy groups -OCH3 is 1. The summed E-state index contributed by atoms with van der Waals surface area (Å²) >= 11 is 6.25. The van der Waals surface area contributed by atoms with Crippen LogP contribution in [-0.2, 0) is 0 Å². The van der Waals surface area contributed by atoms with Gasteiger partial charge in [0.2, 0.25) is 5.95 Å². The predicted molar refractivity (Wildman–Crippen MR) is 109 cm³/mol. The number of fused-ring (bicyclic) bond motifs is 1. The van der Waals surface area contributed by atoms with E-state index in [9.17, 15) is 4.79 Å². The SMILES string of the molecule is COc1ccc2nc(NC(=O)N3CCN(c4ncccc4Cl)CC3C)[nH]c2c1. The first-order valence-electron chi connectivity index (χ1n) is 9.02. The molecule has 3 aromatic rings. The number of H-pyrrole nitrogens is 1. The third kappa shape index (κ3) is 3.55. The standard InChI is InChI=1S/C19H21ClN6O2/c1-12-11-25(17-14(20)4-3-7-21-17)8-9-26(12)19(27)24-18-22-15-6-5-13(28-2)10-16(15)23-18/h3-7,10,12H,8-9,11H2,1-2H3,(H2,22,23,24,27). The van der Waals surface area contributed by atoms with Gasteiger partial charge in [-0.05, 0) is 31.2 Å². The highest BCUT2D eigenvalue weighted by atomic mass is 35.5. The Kier molecular flexibility index (Phi) is 4.95. The van der Waals surface area contributed by atoms with Gasteiger partial charge in [0.15, 0.2) is 0 Å². The van der Waals surface area contributed by atoms with Crippen LogP contribution in [0.4, 0.5) is 16.6 Å². The van der Waals surface area contributed by atoms with Crippen LogP contribution < -0.4 is 15.0 Å². The highest BCUT2D eigenvalue weighted by molar-refractivity contribution is 6.32. The quantitative estimate of drug-likeness (QED) is 0.704. The molecule has 0 saturated carbocycles. The first kappa shape index (κ1) is 18.4. The van der Waals surface area contributed by atoms with Gasteiger partial charge in [-0.15, -0.1) is 0 Å². The van der Waals surface area contributed by atoms with Crippen molar-refractivity contribution in [1.82, 2.24) is 19.9 Å². The molecule has 1 aliphatic heterocycles. The van der Waals surface area contributed by atoms with E-state index in [1.165, 1.54) is 0 Å². The van der Waals surface area contributed by atoms with Crippen LogP contribution in [0.15, 0.2) is 36.5 Å². The largest absolute Gasteiger partial charge is 0.497 e. The van der Waals surface area contributed by atoms with Crippen molar-refractivity contribution in [1.29, 1.82) is 0 Å². The average molecular weight is 401 g/mol. The Bertz CT molecular complexity index is 1010. The van der Waals surface area contributed by atoms with E-state index in [0.29, 0.717) is 30.6 Å². The lowest BCUT2D eigenvalue weighted by Crippen LogP contribution is -2.55. The Morgan fingerprint density at radius 2 is 2.21 bits per heavy atom. The van der Waals surface area contributed by atoms with Gasteiger partial charge in [-0.25, -0.2) is 14.8 Å². The third-order valence-electron chi connectivity index (χ3n) is 4.84. The molecule has 0 spiro atoms. The van der Waals surface area contributed by atoms with E-state index in [2.05, 4.69) is 25.2 Å². The van der Waals surface area contributed by atoms with Crippen molar-refractivity contribution in [2.24, 2.45) is 0 Å². The highest BCUT2D eigenvalue weighted by Crippen LogP contribution is 2.25. The Morgan fingerprint density at radius 3 is 2.96 bits per heavy atom. The number of carbonyl (C=O) groups excluding carboxylic acids is 1. The summed E-state index contributed by atoms with van der Waals surface area (Å²) in [5.41, 5.74) is 1.57. The van der Waals surface area contributed by atoms with Crippen LogP contribution in [0.25, 0.3) is 11.0 Å². The number of aromatic amines is 1. The van der Waals surface area contributed by atoms with Crippen molar-refractivity contribution in [2.75, 3.05) is 37.0 Å². The number of halogens is 1. The van der Waals surface area contributed by atoms with Gasteiger partial charge in [-0.1, -0.05) is 11.6 Å². The number of rotatable bonds is 3. The molecule has 1 aliphatic rings. The first-order chi connectivity index (χ1) is 13.5. The van der Waals surface area contributed by atoms with Crippen molar-refractivity contribution in [3.05, 3.63) is 41.6 Å². The summed E-state index contributed by atoms with van der Waals surface area (Å²) in [7, 11) is 1.61. The molecule has 1 fully saturated rings. The topological polar surface area (TPSA) is 86.4 Å². The van der Waals surface area contributed by atoms with Crippen LogP contribution >= 0.6 is 11.6 Å². The maximum atomic E-state index is 12.8. The molecule has 1 atom stereocenters. The van der Waals surface area contributed by atoms with Crippen molar-refractivity contribution in [3.63, 3.8) is 0 Å². The van der Waals surface area contributed by atoms with E-state index in [1.807, 2.05) is 37.3 Å². The second-order valence-electron chi connectivity index (χ2n) is 6.70. The van der Waals surface area contributed by atoms with E-state index >= 15 is 0 Å². The molecule has 9 heteroatoms. The van der Waals surface area contributed by atoms with E-state index in [0.717, 1.165) is 22.6 Å². The molecule has 0 radical (unpaired) electrons. The summed E-state index contributed by atoms with van der Waals surface area (Å²) in [5.74, 6) is 1.89. The summed E-state index contributed by atoms with van der Waals surface area (Å²) in [5, 5.41) is 3.47. The number of hydrogen-bond donors (Lipinski definition) is 2. The summed E-state index contributed by atoms with van der Waals surface area (Å²) < 4.78 is 5.21. The summed E-state index contributed by atoms with van der Waals surface area (Å²) in [6.07, 6.45) is 1.72. The average Bonchev–Trinajstić information content (AvgIpc) is 3.09. The van der Waals surface area contributed by atoms with Gasteiger partial charge in [-0.2, -0.15) is 0 Å². The van der Waals surface area contributed by atoms with Crippen molar-refractivity contribution < 1.29 is 9.53 Å².